The first-order valence-corrected chi connectivity index (χ1v) is 4.86. The summed E-state index contributed by atoms with van der Waals surface area (Å²) in [6.07, 6.45) is 1.65. The van der Waals surface area contributed by atoms with E-state index >= 15 is 0 Å². The molecule has 0 N–H and O–H groups in total. The van der Waals surface area contributed by atoms with Gasteiger partial charge in [-0.1, -0.05) is 11.6 Å². The first kappa shape index (κ1) is 9.98. The number of hydrogen-bond donors (Lipinski definition) is 0. The van der Waals surface area contributed by atoms with E-state index in [-0.39, 0.29) is 0 Å². The van der Waals surface area contributed by atoms with Gasteiger partial charge in [-0.25, -0.2) is 0 Å². The molecule has 0 radical (unpaired) electrons. The number of anilines is 1. The molecule has 0 aliphatic rings. The Kier molecular flexibility index (Phi) is 2.87. The third-order valence-corrected chi connectivity index (χ3v) is 2.18. The average Bonchev–Trinajstić information content (AvgIpc) is 2.71. The summed E-state index contributed by atoms with van der Waals surface area (Å²) in [6, 6.07) is 7.30. The summed E-state index contributed by atoms with van der Waals surface area (Å²) < 4.78 is 5.23. The summed E-state index contributed by atoms with van der Waals surface area (Å²) in [5.74, 6) is 1.64. The largest absolute Gasteiger partial charge is 0.467 e. The number of rotatable bonds is 3. The molecule has 0 saturated heterocycles. The molecule has 0 aliphatic heterocycles. The van der Waals surface area contributed by atoms with Crippen LogP contribution in [0.3, 0.4) is 0 Å². The van der Waals surface area contributed by atoms with Crippen LogP contribution in [0.2, 0.25) is 5.15 Å². The van der Waals surface area contributed by atoms with Crippen LogP contribution in [0.15, 0.2) is 34.9 Å². The lowest BCUT2D eigenvalue weighted by Gasteiger charge is -2.15. The van der Waals surface area contributed by atoms with E-state index in [9.17, 15) is 0 Å². The summed E-state index contributed by atoms with van der Waals surface area (Å²) >= 11 is 5.65. The molecule has 2 heterocycles. The SMILES string of the molecule is CN(Cc1ccco1)c1ccc(Cl)nn1. The van der Waals surface area contributed by atoms with E-state index in [1.54, 1.807) is 12.3 Å². The van der Waals surface area contributed by atoms with Gasteiger partial charge >= 0.3 is 0 Å². The van der Waals surface area contributed by atoms with Crippen LogP contribution in [0.5, 0.6) is 0 Å². The highest BCUT2D eigenvalue weighted by Crippen LogP contribution is 2.13. The maximum absolute atomic E-state index is 5.65. The van der Waals surface area contributed by atoms with Crippen molar-refractivity contribution < 1.29 is 4.42 Å². The lowest BCUT2D eigenvalue weighted by atomic mass is 10.4. The molecule has 5 heteroatoms. The second kappa shape index (κ2) is 4.31. The molecule has 78 valence electrons. The minimum Gasteiger partial charge on any atom is -0.467 e. The van der Waals surface area contributed by atoms with Crippen molar-refractivity contribution in [3.63, 3.8) is 0 Å². The fraction of sp³-hybridized carbons (Fsp3) is 0.200. The molecule has 0 spiro atoms. The summed E-state index contributed by atoms with van der Waals surface area (Å²) in [4.78, 5) is 1.93. The second-order valence-corrected chi connectivity index (χ2v) is 3.54. The lowest BCUT2D eigenvalue weighted by molar-refractivity contribution is 0.506. The zero-order valence-corrected chi connectivity index (χ0v) is 8.98. The number of nitrogens with zero attached hydrogens (tertiary/aromatic N) is 3. The van der Waals surface area contributed by atoms with Crippen molar-refractivity contribution >= 4 is 17.4 Å². The van der Waals surface area contributed by atoms with Crippen molar-refractivity contribution in [3.8, 4) is 0 Å². The van der Waals surface area contributed by atoms with Gasteiger partial charge in [-0.2, -0.15) is 0 Å². The molecule has 0 amide bonds. The highest BCUT2D eigenvalue weighted by atomic mass is 35.5. The zero-order chi connectivity index (χ0) is 10.7. The molecule has 0 saturated carbocycles. The van der Waals surface area contributed by atoms with Gasteiger partial charge in [-0.05, 0) is 24.3 Å². The van der Waals surface area contributed by atoms with Crippen molar-refractivity contribution in [2.75, 3.05) is 11.9 Å². The normalized spacial score (nSPS) is 10.3. The predicted octanol–water partition coefficient (Wildman–Crippen LogP) is 2.36. The van der Waals surface area contributed by atoms with Crippen molar-refractivity contribution in [3.05, 3.63) is 41.4 Å². The van der Waals surface area contributed by atoms with E-state index < -0.39 is 0 Å². The summed E-state index contributed by atoms with van der Waals surface area (Å²) in [5.41, 5.74) is 0. The fourth-order valence-electron chi connectivity index (χ4n) is 1.23. The monoisotopic (exact) mass is 223 g/mol. The molecular weight excluding hydrogens is 214 g/mol. The van der Waals surface area contributed by atoms with Gasteiger partial charge < -0.3 is 9.32 Å². The van der Waals surface area contributed by atoms with Gasteiger partial charge in [0.05, 0.1) is 12.8 Å². The Morgan fingerprint density at radius 2 is 2.20 bits per heavy atom. The van der Waals surface area contributed by atoms with Crippen molar-refractivity contribution in [1.82, 2.24) is 10.2 Å². The van der Waals surface area contributed by atoms with Crippen LogP contribution in [-0.4, -0.2) is 17.2 Å². The zero-order valence-electron chi connectivity index (χ0n) is 8.22. The van der Waals surface area contributed by atoms with Crippen molar-refractivity contribution in [1.29, 1.82) is 0 Å². The number of furan rings is 1. The fourth-order valence-corrected chi connectivity index (χ4v) is 1.33. The molecule has 2 rings (SSSR count). The number of aromatic nitrogens is 2. The Balaban J connectivity index is 2.08. The molecule has 0 aliphatic carbocycles. The smallest absolute Gasteiger partial charge is 0.151 e. The molecule has 0 atom stereocenters. The molecule has 0 fully saturated rings. The topological polar surface area (TPSA) is 42.2 Å². The van der Waals surface area contributed by atoms with Crippen LogP contribution in [0.4, 0.5) is 5.82 Å². The molecule has 0 aromatic carbocycles. The van der Waals surface area contributed by atoms with E-state index in [0.717, 1.165) is 11.6 Å². The third kappa shape index (κ3) is 2.47. The first-order valence-electron chi connectivity index (χ1n) is 4.48. The van der Waals surface area contributed by atoms with E-state index in [1.807, 2.05) is 30.1 Å². The van der Waals surface area contributed by atoms with E-state index in [2.05, 4.69) is 10.2 Å². The summed E-state index contributed by atoms with van der Waals surface area (Å²) in [7, 11) is 1.92. The Hall–Kier alpha value is -1.55. The van der Waals surface area contributed by atoms with Crippen molar-refractivity contribution in [2.24, 2.45) is 0 Å². The molecule has 0 unspecified atom stereocenters. The molecular formula is C10H10ClN3O. The van der Waals surface area contributed by atoms with Crippen LogP contribution in [0, 0.1) is 0 Å². The minimum atomic E-state index is 0.394. The quantitative estimate of drug-likeness (QED) is 0.801. The van der Waals surface area contributed by atoms with Gasteiger partial charge in [0.2, 0.25) is 0 Å². The van der Waals surface area contributed by atoms with Gasteiger partial charge in [0.15, 0.2) is 11.0 Å². The average molecular weight is 224 g/mol. The minimum absolute atomic E-state index is 0.394. The highest BCUT2D eigenvalue weighted by molar-refractivity contribution is 6.29. The molecule has 2 aromatic rings. The Morgan fingerprint density at radius 3 is 2.80 bits per heavy atom. The molecule has 4 nitrogen and oxygen atoms in total. The van der Waals surface area contributed by atoms with Gasteiger partial charge in [0, 0.05) is 7.05 Å². The van der Waals surface area contributed by atoms with Crippen molar-refractivity contribution in [2.45, 2.75) is 6.54 Å². The van der Waals surface area contributed by atoms with Gasteiger partial charge in [-0.15, -0.1) is 10.2 Å². The van der Waals surface area contributed by atoms with Crippen LogP contribution in [0.25, 0.3) is 0 Å². The number of hydrogen-bond acceptors (Lipinski definition) is 4. The van der Waals surface area contributed by atoms with Crippen LogP contribution in [0.1, 0.15) is 5.76 Å². The van der Waals surface area contributed by atoms with Crippen LogP contribution in [-0.2, 0) is 6.54 Å². The Morgan fingerprint density at radius 1 is 1.33 bits per heavy atom. The van der Waals surface area contributed by atoms with Crippen LogP contribution >= 0.6 is 11.6 Å². The Labute approximate surface area is 92.5 Å². The summed E-state index contributed by atoms with van der Waals surface area (Å²) in [6.45, 7) is 0.656. The predicted molar refractivity (Wildman–Crippen MR) is 57.9 cm³/mol. The maximum Gasteiger partial charge on any atom is 0.151 e. The first-order chi connectivity index (χ1) is 7.25. The van der Waals surface area contributed by atoms with E-state index in [1.165, 1.54) is 0 Å². The lowest BCUT2D eigenvalue weighted by Crippen LogP contribution is -2.17. The maximum atomic E-state index is 5.65. The standard InChI is InChI=1S/C10H10ClN3O/c1-14(7-8-3-2-6-15-8)10-5-4-9(11)12-13-10/h2-6H,7H2,1H3. The molecule has 15 heavy (non-hydrogen) atoms. The number of halogens is 1. The summed E-state index contributed by atoms with van der Waals surface area (Å²) in [5, 5.41) is 8.13. The van der Waals surface area contributed by atoms with Gasteiger partial charge in [-0.3, -0.25) is 0 Å². The van der Waals surface area contributed by atoms with Gasteiger partial charge in [0.25, 0.3) is 0 Å². The van der Waals surface area contributed by atoms with E-state index in [4.69, 9.17) is 16.0 Å². The van der Waals surface area contributed by atoms with Crippen LogP contribution < -0.4 is 4.90 Å². The van der Waals surface area contributed by atoms with E-state index in [0.29, 0.717) is 11.7 Å². The molecule has 2 aromatic heterocycles. The third-order valence-electron chi connectivity index (χ3n) is 1.98. The molecule has 0 bridgehead atoms. The van der Waals surface area contributed by atoms with Gasteiger partial charge in [0.1, 0.15) is 5.76 Å². The second-order valence-electron chi connectivity index (χ2n) is 3.15. The highest BCUT2D eigenvalue weighted by Gasteiger charge is 2.05. The Bertz CT molecular complexity index is 413.